The van der Waals surface area contributed by atoms with Crippen molar-refractivity contribution in [3.8, 4) is 11.5 Å². The highest BCUT2D eigenvalue weighted by Gasteiger charge is 2.40. The van der Waals surface area contributed by atoms with Crippen LogP contribution in [-0.4, -0.2) is 18.2 Å². The van der Waals surface area contributed by atoms with Crippen molar-refractivity contribution in [1.82, 2.24) is 5.32 Å². The summed E-state index contributed by atoms with van der Waals surface area (Å²) in [6.45, 7) is 4.59. The predicted octanol–water partition coefficient (Wildman–Crippen LogP) is 3.03. The second-order valence-electron chi connectivity index (χ2n) is 5.85. The zero-order valence-electron chi connectivity index (χ0n) is 11.7. The first-order valence-corrected chi connectivity index (χ1v) is 7.68. The molecule has 2 aliphatic heterocycles. The first-order chi connectivity index (χ1) is 9.50. The molecule has 0 aliphatic carbocycles. The molecule has 108 valence electrons. The Bertz CT molecular complexity index is 558. The molecule has 1 amide bonds. The van der Waals surface area contributed by atoms with Gasteiger partial charge in [0.2, 0.25) is 12.7 Å². The third-order valence-electron chi connectivity index (χ3n) is 4.30. The molecule has 1 atom stereocenters. The molecule has 2 heterocycles. The molecule has 0 radical (unpaired) electrons. The Kier molecular flexibility index (Phi) is 3.40. The van der Waals surface area contributed by atoms with E-state index in [0.29, 0.717) is 12.3 Å². The van der Waals surface area contributed by atoms with E-state index in [-0.39, 0.29) is 18.2 Å². The minimum absolute atomic E-state index is 0.149. The number of amides is 1. The van der Waals surface area contributed by atoms with Crippen molar-refractivity contribution < 1.29 is 14.3 Å². The Labute approximate surface area is 127 Å². The normalized spacial score (nSPS) is 24.3. The van der Waals surface area contributed by atoms with E-state index in [0.717, 1.165) is 34.4 Å². The average molecular weight is 340 g/mol. The number of carbonyl (C=O) groups excluding carboxylic acids is 1. The van der Waals surface area contributed by atoms with Gasteiger partial charge in [0.1, 0.15) is 0 Å². The lowest BCUT2D eigenvalue weighted by Crippen LogP contribution is -2.48. The summed E-state index contributed by atoms with van der Waals surface area (Å²) in [6, 6.07) is 4.07. The molecule has 1 aromatic carbocycles. The highest BCUT2D eigenvalue weighted by Crippen LogP contribution is 2.41. The molecule has 1 unspecified atom stereocenters. The highest BCUT2D eigenvalue weighted by molar-refractivity contribution is 9.10. The number of hydrogen-bond acceptors (Lipinski definition) is 3. The van der Waals surface area contributed by atoms with Gasteiger partial charge in [-0.3, -0.25) is 4.79 Å². The highest BCUT2D eigenvalue weighted by atomic mass is 79.9. The topological polar surface area (TPSA) is 47.6 Å². The van der Waals surface area contributed by atoms with Crippen LogP contribution in [0.2, 0.25) is 0 Å². The van der Waals surface area contributed by atoms with Crippen molar-refractivity contribution >= 4 is 21.8 Å². The van der Waals surface area contributed by atoms with Crippen LogP contribution in [0.25, 0.3) is 0 Å². The number of benzene rings is 1. The molecule has 0 spiro atoms. The van der Waals surface area contributed by atoms with Crippen LogP contribution in [-0.2, 0) is 11.2 Å². The van der Waals surface area contributed by atoms with Crippen molar-refractivity contribution in [2.45, 2.75) is 38.6 Å². The van der Waals surface area contributed by atoms with E-state index in [2.05, 4.69) is 41.2 Å². The van der Waals surface area contributed by atoms with E-state index >= 15 is 0 Å². The summed E-state index contributed by atoms with van der Waals surface area (Å²) in [5, 5.41) is 3.18. The summed E-state index contributed by atoms with van der Waals surface area (Å²) in [4.78, 5) is 11.6. The van der Waals surface area contributed by atoms with Crippen molar-refractivity contribution in [3.05, 3.63) is 22.2 Å². The summed E-state index contributed by atoms with van der Waals surface area (Å²) < 4.78 is 11.8. The van der Waals surface area contributed by atoms with Gasteiger partial charge in [0, 0.05) is 12.0 Å². The fourth-order valence-corrected chi connectivity index (χ4v) is 3.60. The Morgan fingerprint density at radius 3 is 2.85 bits per heavy atom. The maximum Gasteiger partial charge on any atom is 0.231 e. The molecular weight excluding hydrogens is 322 g/mol. The molecule has 3 rings (SSSR count). The van der Waals surface area contributed by atoms with Gasteiger partial charge in [0.25, 0.3) is 0 Å². The van der Waals surface area contributed by atoms with Gasteiger partial charge in [-0.25, -0.2) is 0 Å². The van der Waals surface area contributed by atoms with Gasteiger partial charge in [-0.05, 0) is 52.4 Å². The number of ether oxygens (including phenoxy) is 2. The summed E-state index contributed by atoms with van der Waals surface area (Å²) in [5.41, 5.74) is 1.00. The molecular formula is C15H18BrNO3. The lowest BCUT2D eigenvalue weighted by molar-refractivity contribution is -0.120. The lowest BCUT2D eigenvalue weighted by Gasteiger charge is -2.33. The minimum atomic E-state index is -0.149. The fraction of sp³-hybridized carbons (Fsp3) is 0.533. The van der Waals surface area contributed by atoms with Gasteiger partial charge in [0.05, 0.1) is 4.47 Å². The van der Waals surface area contributed by atoms with E-state index < -0.39 is 0 Å². The zero-order chi connectivity index (χ0) is 14.3. The molecule has 1 aromatic rings. The Balaban J connectivity index is 1.90. The van der Waals surface area contributed by atoms with Crippen LogP contribution in [0.4, 0.5) is 0 Å². The van der Waals surface area contributed by atoms with Crippen LogP contribution < -0.4 is 14.8 Å². The molecule has 0 aromatic heterocycles. The molecule has 1 saturated heterocycles. The van der Waals surface area contributed by atoms with Crippen LogP contribution in [0.15, 0.2) is 16.6 Å². The van der Waals surface area contributed by atoms with Crippen LogP contribution in [0.3, 0.4) is 0 Å². The maximum absolute atomic E-state index is 11.6. The monoisotopic (exact) mass is 339 g/mol. The second kappa shape index (κ2) is 4.95. The fourth-order valence-electron chi connectivity index (χ4n) is 3.00. The van der Waals surface area contributed by atoms with E-state index in [9.17, 15) is 4.79 Å². The third-order valence-corrected chi connectivity index (χ3v) is 4.89. The van der Waals surface area contributed by atoms with Gasteiger partial charge in [-0.1, -0.05) is 13.8 Å². The van der Waals surface area contributed by atoms with E-state index in [4.69, 9.17) is 9.47 Å². The van der Waals surface area contributed by atoms with Gasteiger partial charge in [-0.15, -0.1) is 0 Å². The van der Waals surface area contributed by atoms with Crippen molar-refractivity contribution in [1.29, 1.82) is 0 Å². The summed E-state index contributed by atoms with van der Waals surface area (Å²) in [6.07, 6.45) is 2.31. The molecule has 0 saturated carbocycles. The van der Waals surface area contributed by atoms with Crippen LogP contribution in [0, 0.1) is 5.92 Å². The summed E-state index contributed by atoms with van der Waals surface area (Å²) in [5.74, 6) is 2.08. The minimum Gasteiger partial charge on any atom is -0.454 e. The smallest absolute Gasteiger partial charge is 0.231 e. The number of nitrogens with one attached hydrogen (secondary N) is 1. The van der Waals surface area contributed by atoms with E-state index in [1.54, 1.807) is 0 Å². The molecule has 4 nitrogen and oxygen atoms in total. The first kappa shape index (κ1) is 13.7. The first-order valence-electron chi connectivity index (χ1n) is 6.89. The molecule has 5 heteroatoms. The van der Waals surface area contributed by atoms with Gasteiger partial charge >= 0.3 is 0 Å². The Hall–Kier alpha value is -1.23. The molecule has 0 bridgehead atoms. The zero-order valence-corrected chi connectivity index (χ0v) is 13.2. The SMILES string of the molecule is CC(C)C1(Cc2cc(Br)c3c(c2)OCO3)CCC(=O)N1. The number of carbonyl (C=O) groups is 1. The van der Waals surface area contributed by atoms with Gasteiger partial charge in [0.15, 0.2) is 11.5 Å². The van der Waals surface area contributed by atoms with E-state index in [1.165, 1.54) is 0 Å². The van der Waals surface area contributed by atoms with E-state index in [1.807, 2.05) is 6.07 Å². The third kappa shape index (κ3) is 2.28. The second-order valence-corrected chi connectivity index (χ2v) is 6.70. The summed E-state index contributed by atoms with van der Waals surface area (Å²) >= 11 is 3.52. The Morgan fingerprint density at radius 1 is 1.40 bits per heavy atom. The van der Waals surface area contributed by atoms with Crippen molar-refractivity contribution in [2.24, 2.45) is 5.92 Å². The van der Waals surface area contributed by atoms with Crippen LogP contribution in [0.5, 0.6) is 11.5 Å². The Morgan fingerprint density at radius 2 is 2.20 bits per heavy atom. The number of rotatable bonds is 3. The van der Waals surface area contributed by atoms with Crippen LogP contribution in [0.1, 0.15) is 32.3 Å². The summed E-state index contributed by atoms with van der Waals surface area (Å²) in [7, 11) is 0. The van der Waals surface area contributed by atoms with Gasteiger partial charge in [-0.2, -0.15) is 0 Å². The number of fused-ring (bicyclic) bond motifs is 1. The molecule has 20 heavy (non-hydrogen) atoms. The number of hydrogen-bond donors (Lipinski definition) is 1. The maximum atomic E-state index is 11.6. The number of halogens is 1. The lowest BCUT2D eigenvalue weighted by atomic mass is 9.80. The molecule has 2 aliphatic rings. The predicted molar refractivity (Wildman–Crippen MR) is 78.9 cm³/mol. The van der Waals surface area contributed by atoms with Gasteiger partial charge < -0.3 is 14.8 Å². The van der Waals surface area contributed by atoms with Crippen molar-refractivity contribution in [2.75, 3.05) is 6.79 Å². The molecule has 1 N–H and O–H groups in total. The molecule has 1 fully saturated rings. The average Bonchev–Trinajstić information content (AvgIpc) is 2.97. The van der Waals surface area contributed by atoms with Crippen molar-refractivity contribution in [3.63, 3.8) is 0 Å². The largest absolute Gasteiger partial charge is 0.454 e. The quantitative estimate of drug-likeness (QED) is 0.920. The standard InChI is InChI=1S/C15H18BrNO3/c1-9(2)15(4-3-13(18)17-15)7-10-5-11(16)14-12(6-10)19-8-20-14/h5-6,9H,3-4,7-8H2,1-2H3,(H,17,18). The van der Waals surface area contributed by atoms with Crippen LogP contribution >= 0.6 is 15.9 Å².